The van der Waals surface area contributed by atoms with Gasteiger partial charge in [-0.3, -0.25) is 4.57 Å². The van der Waals surface area contributed by atoms with E-state index in [1.54, 1.807) is 43.6 Å². The molecule has 0 spiro atoms. The molecule has 20 heavy (non-hydrogen) atoms. The van der Waals surface area contributed by atoms with E-state index >= 15 is 0 Å². The zero-order valence-electron chi connectivity index (χ0n) is 10.6. The molecule has 1 unspecified atom stereocenters. The minimum atomic E-state index is -0.530. The Bertz CT molecular complexity index is 858. The van der Waals surface area contributed by atoms with Gasteiger partial charge in [-0.15, -0.1) is 0 Å². The van der Waals surface area contributed by atoms with Gasteiger partial charge in [0.15, 0.2) is 5.58 Å². The molecule has 2 aromatic heterocycles. The van der Waals surface area contributed by atoms with Gasteiger partial charge in [-0.2, -0.15) is 15.5 Å². The third kappa shape index (κ3) is 1.86. The maximum absolute atomic E-state index is 11.5. The van der Waals surface area contributed by atoms with Crippen LogP contribution in [0.15, 0.2) is 45.7 Å². The van der Waals surface area contributed by atoms with Crippen molar-refractivity contribution >= 4 is 11.1 Å². The number of hydrogen-bond donors (Lipinski definition) is 0. The summed E-state index contributed by atoms with van der Waals surface area (Å²) in [5.74, 6) is -0.955. The van der Waals surface area contributed by atoms with E-state index in [9.17, 15) is 10.1 Å². The van der Waals surface area contributed by atoms with Crippen molar-refractivity contribution in [1.82, 2.24) is 14.8 Å². The molecule has 98 valence electrons. The molecular weight excluding hydrogens is 256 g/mol. The highest BCUT2D eigenvalue weighted by Crippen LogP contribution is 2.25. The van der Waals surface area contributed by atoms with Crippen molar-refractivity contribution in [3.05, 3.63) is 58.3 Å². The van der Waals surface area contributed by atoms with Crippen LogP contribution in [0.5, 0.6) is 0 Å². The fourth-order valence-corrected chi connectivity index (χ4v) is 2.10. The summed E-state index contributed by atoms with van der Waals surface area (Å²) >= 11 is 0. The Labute approximate surface area is 113 Å². The molecule has 0 aliphatic carbocycles. The van der Waals surface area contributed by atoms with Gasteiger partial charge < -0.3 is 4.42 Å². The number of hydrogen-bond acceptors (Lipinski definition) is 5. The zero-order valence-corrected chi connectivity index (χ0v) is 10.6. The largest absolute Gasteiger partial charge is 0.419 e. The number of oxazole rings is 1. The molecule has 0 saturated heterocycles. The van der Waals surface area contributed by atoms with E-state index in [4.69, 9.17) is 4.42 Å². The molecule has 0 fully saturated rings. The molecule has 1 atom stereocenters. The van der Waals surface area contributed by atoms with E-state index in [-0.39, 0.29) is 0 Å². The molecule has 0 N–H and O–H groups in total. The standard InChI is InChI=1S/C14H10N4O2/c1-18-12-7-9(4-5-13(12)20-14(18)19)10(8-15)11-3-2-6-16-17-11/h2-7,10H,1H3. The van der Waals surface area contributed by atoms with Crippen LogP contribution in [0.4, 0.5) is 0 Å². The van der Waals surface area contributed by atoms with Crippen molar-refractivity contribution in [3.63, 3.8) is 0 Å². The first-order chi connectivity index (χ1) is 9.70. The van der Waals surface area contributed by atoms with Gasteiger partial charge in [-0.1, -0.05) is 6.07 Å². The van der Waals surface area contributed by atoms with Crippen molar-refractivity contribution < 1.29 is 4.42 Å². The maximum Gasteiger partial charge on any atom is 0.419 e. The normalized spacial score (nSPS) is 12.2. The average molecular weight is 266 g/mol. The molecule has 0 aliphatic rings. The topological polar surface area (TPSA) is 84.7 Å². The predicted octanol–water partition coefficient (Wildman–Crippen LogP) is 1.58. The highest BCUT2D eigenvalue weighted by molar-refractivity contribution is 5.74. The zero-order chi connectivity index (χ0) is 14.1. The van der Waals surface area contributed by atoms with E-state index < -0.39 is 11.7 Å². The monoisotopic (exact) mass is 266 g/mol. The van der Waals surface area contributed by atoms with Gasteiger partial charge in [-0.25, -0.2) is 4.79 Å². The number of aromatic nitrogens is 3. The van der Waals surface area contributed by atoms with Crippen LogP contribution in [0.2, 0.25) is 0 Å². The van der Waals surface area contributed by atoms with E-state index in [2.05, 4.69) is 16.3 Å². The molecule has 1 aromatic carbocycles. The molecular formula is C14H10N4O2. The van der Waals surface area contributed by atoms with Crippen LogP contribution in [-0.2, 0) is 7.05 Å². The van der Waals surface area contributed by atoms with Gasteiger partial charge in [0.25, 0.3) is 0 Å². The Balaban J connectivity index is 2.16. The lowest BCUT2D eigenvalue weighted by Crippen LogP contribution is -2.08. The first kappa shape index (κ1) is 12.1. The number of rotatable bonds is 2. The molecule has 0 radical (unpaired) electrons. The van der Waals surface area contributed by atoms with Crippen LogP contribution >= 0.6 is 0 Å². The molecule has 0 saturated carbocycles. The molecule has 0 amide bonds. The maximum atomic E-state index is 11.5. The second-order valence-electron chi connectivity index (χ2n) is 4.36. The molecule has 6 heteroatoms. The van der Waals surface area contributed by atoms with Crippen molar-refractivity contribution in [2.24, 2.45) is 7.05 Å². The van der Waals surface area contributed by atoms with Gasteiger partial charge in [0.05, 0.1) is 17.3 Å². The molecule has 3 rings (SSSR count). The van der Waals surface area contributed by atoms with Gasteiger partial charge in [0.2, 0.25) is 0 Å². The van der Waals surface area contributed by atoms with E-state index in [1.165, 1.54) is 4.57 Å². The summed E-state index contributed by atoms with van der Waals surface area (Å²) in [6.07, 6.45) is 1.56. The summed E-state index contributed by atoms with van der Waals surface area (Å²) in [7, 11) is 1.63. The van der Waals surface area contributed by atoms with Crippen molar-refractivity contribution in [1.29, 1.82) is 5.26 Å². The second kappa shape index (κ2) is 4.63. The van der Waals surface area contributed by atoms with E-state index in [0.29, 0.717) is 16.8 Å². The van der Waals surface area contributed by atoms with Crippen LogP contribution in [0, 0.1) is 11.3 Å². The number of fused-ring (bicyclic) bond motifs is 1. The quantitative estimate of drug-likeness (QED) is 0.703. The number of benzene rings is 1. The Kier molecular flexibility index (Phi) is 2.80. The molecule has 0 bridgehead atoms. The lowest BCUT2D eigenvalue weighted by Gasteiger charge is -2.08. The number of aryl methyl sites for hydroxylation is 1. The highest BCUT2D eigenvalue weighted by atomic mass is 16.4. The Hall–Kier alpha value is -2.94. The van der Waals surface area contributed by atoms with Crippen molar-refractivity contribution in [2.45, 2.75) is 5.92 Å². The smallest absolute Gasteiger partial charge is 0.408 e. The Morgan fingerprint density at radius 1 is 1.40 bits per heavy atom. The lowest BCUT2D eigenvalue weighted by molar-refractivity contribution is 0.528. The number of nitriles is 1. The Morgan fingerprint density at radius 3 is 2.95 bits per heavy atom. The minimum absolute atomic E-state index is 0.426. The van der Waals surface area contributed by atoms with Gasteiger partial charge >= 0.3 is 5.76 Å². The van der Waals surface area contributed by atoms with E-state index in [1.807, 2.05) is 0 Å². The fourth-order valence-electron chi connectivity index (χ4n) is 2.10. The molecule has 2 heterocycles. The molecule has 3 aromatic rings. The minimum Gasteiger partial charge on any atom is -0.408 e. The van der Waals surface area contributed by atoms with Crippen molar-refractivity contribution in [2.75, 3.05) is 0 Å². The molecule has 6 nitrogen and oxygen atoms in total. The average Bonchev–Trinajstić information content (AvgIpc) is 2.76. The van der Waals surface area contributed by atoms with Crippen LogP contribution in [0.25, 0.3) is 11.1 Å². The van der Waals surface area contributed by atoms with E-state index in [0.717, 1.165) is 5.56 Å². The summed E-state index contributed by atoms with van der Waals surface area (Å²) < 4.78 is 6.48. The Morgan fingerprint density at radius 2 is 2.25 bits per heavy atom. The van der Waals surface area contributed by atoms with Gasteiger partial charge in [0.1, 0.15) is 5.92 Å². The van der Waals surface area contributed by atoms with Gasteiger partial charge in [-0.05, 0) is 29.8 Å². The summed E-state index contributed by atoms with van der Waals surface area (Å²) in [5, 5.41) is 17.1. The predicted molar refractivity (Wildman–Crippen MR) is 70.9 cm³/mol. The summed E-state index contributed by atoms with van der Waals surface area (Å²) in [5.41, 5.74) is 2.47. The van der Waals surface area contributed by atoms with Crippen LogP contribution in [0.1, 0.15) is 17.2 Å². The third-order valence-electron chi connectivity index (χ3n) is 3.17. The summed E-state index contributed by atoms with van der Waals surface area (Å²) in [4.78, 5) is 11.5. The van der Waals surface area contributed by atoms with Crippen LogP contribution in [-0.4, -0.2) is 14.8 Å². The first-order valence-electron chi connectivity index (χ1n) is 5.97. The lowest BCUT2D eigenvalue weighted by atomic mass is 9.96. The SMILES string of the molecule is Cn1c(=O)oc2ccc(C(C#N)c3cccnn3)cc21. The van der Waals surface area contributed by atoms with Crippen LogP contribution in [0.3, 0.4) is 0 Å². The molecule has 0 aliphatic heterocycles. The first-order valence-corrected chi connectivity index (χ1v) is 5.97. The van der Waals surface area contributed by atoms with Crippen LogP contribution < -0.4 is 5.76 Å². The fraction of sp³-hybridized carbons (Fsp3) is 0.143. The van der Waals surface area contributed by atoms with Gasteiger partial charge in [0, 0.05) is 13.2 Å². The second-order valence-corrected chi connectivity index (χ2v) is 4.36. The summed E-state index contributed by atoms with van der Waals surface area (Å²) in [6, 6.07) is 10.9. The van der Waals surface area contributed by atoms with Crippen molar-refractivity contribution in [3.8, 4) is 6.07 Å². The highest BCUT2D eigenvalue weighted by Gasteiger charge is 2.17. The summed E-state index contributed by atoms with van der Waals surface area (Å²) in [6.45, 7) is 0. The third-order valence-corrected chi connectivity index (χ3v) is 3.17. The number of nitrogens with zero attached hydrogens (tertiary/aromatic N) is 4.